The fourth-order valence-electron chi connectivity index (χ4n) is 3.92. The number of allylic oxidation sites excluding steroid dienone is 2. The lowest BCUT2D eigenvalue weighted by atomic mass is 9.68. The van der Waals surface area contributed by atoms with Crippen LogP contribution in [0.1, 0.15) is 63.0 Å². The van der Waals surface area contributed by atoms with E-state index in [-0.39, 0.29) is 28.6 Å². The average Bonchev–Trinajstić information content (AvgIpc) is 2.70. The number of hydrogen-bond acceptors (Lipinski definition) is 9. The number of rotatable bonds is 5. The lowest BCUT2D eigenvalue weighted by Crippen LogP contribution is -2.28. The van der Waals surface area contributed by atoms with Crippen molar-refractivity contribution < 1.29 is 42.9 Å². The zero-order valence-electron chi connectivity index (χ0n) is 20.1. The van der Waals surface area contributed by atoms with E-state index in [1.165, 1.54) is 52.0 Å². The van der Waals surface area contributed by atoms with Gasteiger partial charge >= 0.3 is 23.9 Å². The Morgan fingerprint density at radius 2 is 1.23 bits per heavy atom. The molecule has 1 aliphatic carbocycles. The highest BCUT2D eigenvalue weighted by atomic mass is 16.6. The van der Waals surface area contributed by atoms with Crippen molar-refractivity contribution in [2.75, 3.05) is 0 Å². The maximum absolute atomic E-state index is 13.2. The third-order valence-corrected chi connectivity index (χ3v) is 5.22. The fraction of sp³-hybridized carbons (Fsp3) is 0.269. The van der Waals surface area contributed by atoms with Gasteiger partial charge in [0.25, 0.3) is 0 Å². The normalized spacial score (nSPS) is 13.8. The SMILES string of the molecule is CC(=O)Oc1cc(OC(C)=O)c2c(c1)C(C)(C)C(c1ccc(OC(C)=O)c(OC(C)=O)c1)=CC2=O. The van der Waals surface area contributed by atoms with Gasteiger partial charge in [-0.3, -0.25) is 24.0 Å². The third kappa shape index (κ3) is 5.46. The molecule has 9 heteroatoms. The van der Waals surface area contributed by atoms with E-state index in [9.17, 15) is 24.0 Å². The largest absolute Gasteiger partial charge is 0.427 e. The fourth-order valence-corrected chi connectivity index (χ4v) is 3.92. The van der Waals surface area contributed by atoms with Gasteiger partial charge in [-0.15, -0.1) is 0 Å². The van der Waals surface area contributed by atoms with Gasteiger partial charge in [-0.1, -0.05) is 19.9 Å². The number of benzene rings is 2. The molecule has 0 N–H and O–H groups in total. The molecule has 1 aliphatic rings. The van der Waals surface area contributed by atoms with Gasteiger partial charge in [0, 0.05) is 39.2 Å². The van der Waals surface area contributed by atoms with Crippen molar-refractivity contribution in [3.8, 4) is 23.0 Å². The van der Waals surface area contributed by atoms with Gasteiger partial charge < -0.3 is 18.9 Å². The molecule has 35 heavy (non-hydrogen) atoms. The number of ether oxygens (including phenoxy) is 4. The van der Waals surface area contributed by atoms with Crippen molar-refractivity contribution >= 4 is 35.2 Å². The number of carbonyl (C=O) groups is 5. The van der Waals surface area contributed by atoms with Crippen molar-refractivity contribution in [3.05, 3.63) is 53.1 Å². The minimum absolute atomic E-state index is 0.00871. The minimum atomic E-state index is -0.856. The summed E-state index contributed by atoms with van der Waals surface area (Å²) in [7, 11) is 0. The number of esters is 4. The monoisotopic (exact) mass is 480 g/mol. The highest BCUT2D eigenvalue weighted by molar-refractivity contribution is 6.15. The quantitative estimate of drug-likeness (QED) is 0.462. The topological polar surface area (TPSA) is 122 Å². The van der Waals surface area contributed by atoms with Crippen molar-refractivity contribution in [2.24, 2.45) is 0 Å². The maximum Gasteiger partial charge on any atom is 0.308 e. The van der Waals surface area contributed by atoms with E-state index >= 15 is 0 Å². The van der Waals surface area contributed by atoms with E-state index < -0.39 is 35.1 Å². The van der Waals surface area contributed by atoms with Crippen molar-refractivity contribution in [2.45, 2.75) is 47.0 Å². The van der Waals surface area contributed by atoms with Gasteiger partial charge in [0.15, 0.2) is 17.3 Å². The molecule has 9 nitrogen and oxygen atoms in total. The first-order chi connectivity index (χ1) is 16.3. The highest BCUT2D eigenvalue weighted by Gasteiger charge is 2.38. The first-order valence-electron chi connectivity index (χ1n) is 10.6. The van der Waals surface area contributed by atoms with Gasteiger partial charge in [0.1, 0.15) is 11.5 Å². The lowest BCUT2D eigenvalue weighted by molar-refractivity contribution is -0.134. The van der Waals surface area contributed by atoms with Crippen molar-refractivity contribution in [3.63, 3.8) is 0 Å². The van der Waals surface area contributed by atoms with Crippen molar-refractivity contribution in [1.29, 1.82) is 0 Å². The molecule has 0 amide bonds. The van der Waals surface area contributed by atoms with E-state index in [4.69, 9.17) is 18.9 Å². The molecular formula is C26H24O9. The van der Waals surface area contributed by atoms with Gasteiger partial charge in [0.2, 0.25) is 0 Å². The summed E-state index contributed by atoms with van der Waals surface area (Å²) in [6.07, 6.45) is 1.40. The van der Waals surface area contributed by atoms with E-state index in [2.05, 4.69) is 0 Å². The molecule has 0 saturated heterocycles. The standard InChI is InChI=1S/C26H24O9/c1-13(27)32-18-10-20-25(24(11-18)35-16(4)30)21(31)12-19(26(20,5)6)17-7-8-22(33-14(2)28)23(9-17)34-15(3)29/h7-12H,1-6H3. The van der Waals surface area contributed by atoms with Crippen LogP contribution in [0.3, 0.4) is 0 Å². The number of ketones is 1. The van der Waals surface area contributed by atoms with Crippen LogP contribution in [-0.2, 0) is 24.6 Å². The molecule has 182 valence electrons. The zero-order chi connectivity index (χ0) is 26.1. The molecule has 0 spiro atoms. The summed E-state index contributed by atoms with van der Waals surface area (Å²) in [5, 5.41) is 0. The summed E-state index contributed by atoms with van der Waals surface area (Å²) in [4.78, 5) is 59.6. The predicted molar refractivity (Wildman–Crippen MR) is 123 cm³/mol. The summed E-state index contributed by atoms with van der Waals surface area (Å²) >= 11 is 0. The summed E-state index contributed by atoms with van der Waals surface area (Å²) in [5.74, 6) is -2.72. The second-order valence-corrected chi connectivity index (χ2v) is 8.43. The molecule has 0 heterocycles. The zero-order valence-corrected chi connectivity index (χ0v) is 20.1. The molecule has 0 unspecified atom stereocenters. The average molecular weight is 480 g/mol. The number of fused-ring (bicyclic) bond motifs is 1. The summed E-state index contributed by atoms with van der Waals surface area (Å²) in [6.45, 7) is 8.53. The van der Waals surface area contributed by atoms with E-state index in [0.29, 0.717) is 16.7 Å². The van der Waals surface area contributed by atoms with Gasteiger partial charge in [0.05, 0.1) is 5.56 Å². The van der Waals surface area contributed by atoms with Crippen LogP contribution in [0.4, 0.5) is 0 Å². The van der Waals surface area contributed by atoms with Crippen LogP contribution in [0, 0.1) is 0 Å². The molecule has 0 atom stereocenters. The molecule has 2 aromatic carbocycles. The third-order valence-electron chi connectivity index (χ3n) is 5.22. The molecule has 0 radical (unpaired) electrons. The van der Waals surface area contributed by atoms with Gasteiger partial charge in [-0.2, -0.15) is 0 Å². The second-order valence-electron chi connectivity index (χ2n) is 8.43. The van der Waals surface area contributed by atoms with Crippen molar-refractivity contribution in [1.82, 2.24) is 0 Å². The Kier molecular flexibility index (Phi) is 6.91. The predicted octanol–water partition coefficient (Wildman–Crippen LogP) is 3.95. The Bertz CT molecular complexity index is 1300. The van der Waals surface area contributed by atoms with Gasteiger partial charge in [-0.05, 0) is 41.0 Å². The molecule has 0 aromatic heterocycles. The van der Waals surface area contributed by atoms with E-state index in [1.807, 2.05) is 13.8 Å². The molecular weight excluding hydrogens is 456 g/mol. The van der Waals surface area contributed by atoms with Crippen LogP contribution in [0.25, 0.3) is 5.57 Å². The molecule has 0 aliphatic heterocycles. The molecule has 0 bridgehead atoms. The van der Waals surface area contributed by atoms with Crippen LogP contribution in [0.5, 0.6) is 23.0 Å². The maximum atomic E-state index is 13.2. The summed E-state index contributed by atoms with van der Waals surface area (Å²) < 4.78 is 20.8. The Balaban J connectivity index is 2.20. The smallest absolute Gasteiger partial charge is 0.308 e. The van der Waals surface area contributed by atoms with Crippen LogP contribution in [0.2, 0.25) is 0 Å². The second kappa shape index (κ2) is 9.54. The number of hydrogen-bond donors (Lipinski definition) is 0. The Labute approximate surface area is 201 Å². The molecule has 3 rings (SSSR count). The van der Waals surface area contributed by atoms with Gasteiger partial charge in [-0.25, -0.2) is 0 Å². The van der Waals surface area contributed by atoms with Crippen LogP contribution < -0.4 is 18.9 Å². The number of carbonyl (C=O) groups excluding carboxylic acids is 5. The highest BCUT2D eigenvalue weighted by Crippen LogP contribution is 2.48. The molecule has 0 saturated carbocycles. The Morgan fingerprint density at radius 1 is 0.686 bits per heavy atom. The van der Waals surface area contributed by atoms with Crippen LogP contribution >= 0.6 is 0 Å². The van der Waals surface area contributed by atoms with E-state index in [0.717, 1.165) is 0 Å². The first kappa shape index (κ1) is 25.4. The first-order valence-corrected chi connectivity index (χ1v) is 10.6. The Hall–Kier alpha value is -4.27. The summed E-state index contributed by atoms with van der Waals surface area (Å²) in [6, 6.07) is 7.45. The Morgan fingerprint density at radius 3 is 1.80 bits per heavy atom. The molecule has 0 fully saturated rings. The summed E-state index contributed by atoms with van der Waals surface area (Å²) in [5.41, 5.74) is 0.847. The van der Waals surface area contributed by atoms with Crippen LogP contribution in [0.15, 0.2) is 36.4 Å². The lowest BCUT2D eigenvalue weighted by Gasteiger charge is -2.35. The van der Waals surface area contributed by atoms with E-state index in [1.54, 1.807) is 12.1 Å². The molecule has 2 aromatic rings. The minimum Gasteiger partial charge on any atom is -0.427 e. The van der Waals surface area contributed by atoms with Crippen LogP contribution in [-0.4, -0.2) is 29.7 Å².